The van der Waals surface area contributed by atoms with Gasteiger partial charge in [0.2, 0.25) is 0 Å². The van der Waals surface area contributed by atoms with Crippen LogP contribution >= 0.6 is 0 Å². The van der Waals surface area contributed by atoms with Gasteiger partial charge in [-0.25, -0.2) is 0 Å². The van der Waals surface area contributed by atoms with Gasteiger partial charge in [-0.3, -0.25) is 9.69 Å². The minimum absolute atomic E-state index is 0.0833. The number of carbonyl (C=O) groups excluding carboxylic acids is 1. The number of esters is 1. The van der Waals surface area contributed by atoms with Gasteiger partial charge in [0.25, 0.3) is 0 Å². The Hall–Kier alpha value is -2.88. The summed E-state index contributed by atoms with van der Waals surface area (Å²) in [6.07, 6.45) is -0.779. The van der Waals surface area contributed by atoms with Crippen molar-refractivity contribution in [1.82, 2.24) is 4.90 Å². The Morgan fingerprint density at radius 2 is 1.89 bits per heavy atom. The molecule has 0 bridgehead atoms. The Labute approximate surface area is 159 Å². The van der Waals surface area contributed by atoms with E-state index in [9.17, 15) is 9.90 Å². The standard InChI is InChI=1S/C21H24N2O4/c1-2-26-21(25)15-23(13-18-6-4-3-5-7-18)14-19(24)16-27-20-10-8-17(12-22)9-11-20/h3-11,19,24H,2,13-16H2,1H3. The first-order valence-electron chi connectivity index (χ1n) is 8.83. The number of benzene rings is 2. The Bertz CT molecular complexity index is 741. The highest BCUT2D eigenvalue weighted by atomic mass is 16.5. The fraction of sp³-hybridized carbons (Fsp3) is 0.333. The van der Waals surface area contributed by atoms with Gasteiger partial charge in [-0.2, -0.15) is 5.26 Å². The summed E-state index contributed by atoms with van der Waals surface area (Å²) >= 11 is 0. The van der Waals surface area contributed by atoms with Crippen LogP contribution in [-0.4, -0.2) is 48.4 Å². The molecular weight excluding hydrogens is 344 g/mol. The number of nitriles is 1. The lowest BCUT2D eigenvalue weighted by molar-refractivity contribution is -0.144. The van der Waals surface area contributed by atoms with Crippen molar-refractivity contribution in [2.24, 2.45) is 0 Å². The molecule has 6 nitrogen and oxygen atoms in total. The van der Waals surface area contributed by atoms with Crippen LogP contribution in [0.2, 0.25) is 0 Å². The summed E-state index contributed by atoms with van der Waals surface area (Å²) in [5, 5.41) is 19.1. The van der Waals surface area contributed by atoms with Crippen molar-refractivity contribution in [2.75, 3.05) is 26.3 Å². The molecule has 27 heavy (non-hydrogen) atoms. The van der Waals surface area contributed by atoms with Crippen molar-refractivity contribution in [3.63, 3.8) is 0 Å². The maximum atomic E-state index is 11.9. The zero-order chi connectivity index (χ0) is 19.5. The summed E-state index contributed by atoms with van der Waals surface area (Å²) in [6, 6.07) is 18.5. The van der Waals surface area contributed by atoms with Crippen LogP contribution in [0.1, 0.15) is 18.1 Å². The van der Waals surface area contributed by atoms with Crippen molar-refractivity contribution < 1.29 is 19.4 Å². The number of aliphatic hydroxyl groups is 1. The van der Waals surface area contributed by atoms with Crippen LogP contribution in [0.4, 0.5) is 0 Å². The third-order valence-electron chi connectivity index (χ3n) is 3.80. The maximum Gasteiger partial charge on any atom is 0.320 e. The molecule has 0 aliphatic carbocycles. The van der Waals surface area contributed by atoms with Crippen LogP contribution < -0.4 is 4.74 Å². The second-order valence-corrected chi connectivity index (χ2v) is 6.06. The van der Waals surface area contributed by atoms with E-state index in [1.54, 1.807) is 31.2 Å². The van der Waals surface area contributed by atoms with Gasteiger partial charge in [0.05, 0.1) is 24.8 Å². The molecule has 0 aliphatic heterocycles. The molecule has 6 heteroatoms. The van der Waals surface area contributed by atoms with Crippen LogP contribution in [-0.2, 0) is 16.1 Å². The highest BCUT2D eigenvalue weighted by Crippen LogP contribution is 2.12. The number of ether oxygens (including phenoxy) is 2. The van der Waals surface area contributed by atoms with Crippen molar-refractivity contribution >= 4 is 5.97 Å². The molecule has 2 rings (SSSR count). The molecule has 1 unspecified atom stereocenters. The van der Waals surface area contributed by atoms with Crippen LogP contribution in [0.3, 0.4) is 0 Å². The molecule has 0 saturated carbocycles. The van der Waals surface area contributed by atoms with E-state index < -0.39 is 6.10 Å². The van der Waals surface area contributed by atoms with Crippen molar-refractivity contribution in [3.05, 3.63) is 65.7 Å². The second kappa shape index (κ2) is 11.0. The van der Waals surface area contributed by atoms with Gasteiger partial charge in [-0.05, 0) is 36.8 Å². The minimum atomic E-state index is -0.779. The zero-order valence-corrected chi connectivity index (χ0v) is 15.4. The molecule has 2 aromatic carbocycles. The summed E-state index contributed by atoms with van der Waals surface area (Å²) in [7, 11) is 0. The summed E-state index contributed by atoms with van der Waals surface area (Å²) in [5.41, 5.74) is 1.59. The predicted octanol–water partition coefficient (Wildman–Crippen LogP) is 2.36. The number of carbonyl (C=O) groups is 1. The average molecular weight is 368 g/mol. The largest absolute Gasteiger partial charge is 0.491 e. The van der Waals surface area contributed by atoms with Crippen molar-refractivity contribution in [3.8, 4) is 11.8 Å². The average Bonchev–Trinajstić information content (AvgIpc) is 2.67. The normalized spacial score (nSPS) is 11.6. The van der Waals surface area contributed by atoms with Gasteiger partial charge in [-0.1, -0.05) is 30.3 Å². The molecule has 0 spiro atoms. The minimum Gasteiger partial charge on any atom is -0.491 e. The van der Waals surface area contributed by atoms with Gasteiger partial charge in [0.1, 0.15) is 18.5 Å². The molecule has 0 amide bonds. The first kappa shape index (κ1) is 20.4. The quantitative estimate of drug-likeness (QED) is 0.648. The van der Waals surface area contributed by atoms with Crippen LogP contribution in [0.25, 0.3) is 0 Å². The summed E-state index contributed by atoms with van der Waals surface area (Å²) in [6.45, 7) is 3.05. The second-order valence-electron chi connectivity index (χ2n) is 6.06. The fourth-order valence-corrected chi connectivity index (χ4v) is 2.58. The topological polar surface area (TPSA) is 82.8 Å². The molecule has 0 aromatic heterocycles. The molecule has 0 fully saturated rings. The number of rotatable bonds is 10. The van der Waals surface area contributed by atoms with E-state index in [0.29, 0.717) is 24.5 Å². The lowest BCUT2D eigenvalue weighted by Crippen LogP contribution is -2.38. The van der Waals surface area contributed by atoms with E-state index in [2.05, 4.69) is 0 Å². The Morgan fingerprint density at radius 1 is 1.19 bits per heavy atom. The molecule has 142 valence electrons. The Kier molecular flexibility index (Phi) is 8.30. The van der Waals surface area contributed by atoms with E-state index in [1.807, 2.05) is 41.3 Å². The molecule has 0 saturated heterocycles. The van der Waals surface area contributed by atoms with Gasteiger partial charge in [0.15, 0.2) is 0 Å². The summed E-state index contributed by atoms with van der Waals surface area (Å²) in [5.74, 6) is 0.252. The van der Waals surface area contributed by atoms with E-state index >= 15 is 0 Å². The first-order valence-corrected chi connectivity index (χ1v) is 8.83. The Balaban J connectivity index is 1.91. The number of hydrogen-bond acceptors (Lipinski definition) is 6. The smallest absolute Gasteiger partial charge is 0.320 e. The van der Waals surface area contributed by atoms with E-state index in [4.69, 9.17) is 14.7 Å². The van der Waals surface area contributed by atoms with Crippen LogP contribution in [0.15, 0.2) is 54.6 Å². The van der Waals surface area contributed by atoms with E-state index in [1.165, 1.54) is 0 Å². The molecule has 0 radical (unpaired) electrons. The third kappa shape index (κ3) is 7.48. The molecule has 1 N–H and O–H groups in total. The lowest BCUT2D eigenvalue weighted by atomic mass is 10.2. The molecule has 1 atom stereocenters. The summed E-state index contributed by atoms with van der Waals surface area (Å²) < 4.78 is 10.6. The van der Waals surface area contributed by atoms with E-state index in [-0.39, 0.29) is 25.7 Å². The molecule has 2 aromatic rings. The maximum absolute atomic E-state index is 11.9. The van der Waals surface area contributed by atoms with Gasteiger partial charge in [0, 0.05) is 13.1 Å². The predicted molar refractivity (Wildman–Crippen MR) is 101 cm³/mol. The van der Waals surface area contributed by atoms with Crippen molar-refractivity contribution in [1.29, 1.82) is 5.26 Å². The van der Waals surface area contributed by atoms with Gasteiger partial charge < -0.3 is 14.6 Å². The van der Waals surface area contributed by atoms with Gasteiger partial charge >= 0.3 is 5.97 Å². The molecular formula is C21H24N2O4. The number of hydrogen-bond donors (Lipinski definition) is 1. The van der Waals surface area contributed by atoms with E-state index in [0.717, 1.165) is 5.56 Å². The third-order valence-corrected chi connectivity index (χ3v) is 3.80. The summed E-state index contributed by atoms with van der Waals surface area (Å²) in [4.78, 5) is 13.7. The van der Waals surface area contributed by atoms with Crippen LogP contribution in [0.5, 0.6) is 5.75 Å². The van der Waals surface area contributed by atoms with Crippen molar-refractivity contribution in [2.45, 2.75) is 19.6 Å². The molecule has 0 aliphatic rings. The first-order chi connectivity index (χ1) is 13.1. The SMILES string of the molecule is CCOC(=O)CN(Cc1ccccc1)CC(O)COc1ccc(C#N)cc1. The highest BCUT2D eigenvalue weighted by Gasteiger charge is 2.17. The number of aliphatic hydroxyl groups excluding tert-OH is 1. The number of nitrogens with zero attached hydrogens (tertiary/aromatic N) is 2. The lowest BCUT2D eigenvalue weighted by Gasteiger charge is -2.24. The Morgan fingerprint density at radius 3 is 2.52 bits per heavy atom. The monoisotopic (exact) mass is 368 g/mol. The van der Waals surface area contributed by atoms with Crippen LogP contribution in [0, 0.1) is 11.3 Å². The fourth-order valence-electron chi connectivity index (χ4n) is 2.58. The zero-order valence-electron chi connectivity index (χ0n) is 15.4. The van der Waals surface area contributed by atoms with Gasteiger partial charge in [-0.15, -0.1) is 0 Å². The molecule has 0 heterocycles. The highest BCUT2D eigenvalue weighted by molar-refractivity contribution is 5.71.